The highest BCUT2D eigenvalue weighted by molar-refractivity contribution is 6.32. The van der Waals surface area contributed by atoms with Gasteiger partial charge in [0, 0.05) is 38.5 Å². The third kappa shape index (κ3) is 8.64. The normalized spacial score (nSPS) is 16.9. The van der Waals surface area contributed by atoms with E-state index in [9.17, 15) is 19.8 Å². The van der Waals surface area contributed by atoms with Gasteiger partial charge in [0.05, 0.1) is 28.5 Å². The van der Waals surface area contributed by atoms with Crippen LogP contribution in [0.5, 0.6) is 0 Å². The first-order valence-electron chi connectivity index (χ1n) is 15.7. The number of carbonyl (C=O) groups is 2. The number of amides is 2. The number of anilines is 3. The largest absolute Gasteiger partial charge is 0.364 e. The summed E-state index contributed by atoms with van der Waals surface area (Å²) < 4.78 is 0. The van der Waals surface area contributed by atoms with E-state index in [0.29, 0.717) is 44.0 Å². The quantitative estimate of drug-likeness (QED) is 0.133. The van der Waals surface area contributed by atoms with Gasteiger partial charge in [-0.3, -0.25) is 15.0 Å². The molecule has 2 unspecified atom stereocenters. The van der Waals surface area contributed by atoms with Gasteiger partial charge < -0.3 is 20.8 Å². The number of para-hydroxylation sites is 1. The minimum Gasteiger partial charge on any atom is -0.364 e. The molecule has 0 aromatic heterocycles. The Morgan fingerprint density at radius 3 is 1.55 bits per heavy atom. The maximum absolute atomic E-state index is 11.7. The van der Waals surface area contributed by atoms with Gasteiger partial charge in [-0.15, -0.1) is 0 Å². The van der Waals surface area contributed by atoms with Gasteiger partial charge in [0.1, 0.15) is 0 Å². The lowest BCUT2D eigenvalue weighted by Gasteiger charge is -2.10. The van der Waals surface area contributed by atoms with Crippen molar-refractivity contribution < 1.29 is 19.8 Å². The third-order valence-corrected chi connectivity index (χ3v) is 8.11. The molecular weight excluding hydrogens is 687 g/mol. The number of hydrazone groups is 1. The molecule has 2 amide bonds. The molecule has 0 fully saturated rings. The fraction of sp³-hybridized carbons (Fsp3) is 0.0513. The lowest BCUT2D eigenvalue weighted by molar-refractivity contribution is -0.124. The average molecular weight is 718 g/mol. The summed E-state index contributed by atoms with van der Waals surface area (Å²) in [6.45, 7) is 0. The van der Waals surface area contributed by atoms with Gasteiger partial charge in [-0.05, 0) is 54.1 Å². The summed E-state index contributed by atoms with van der Waals surface area (Å²) in [5.74, 6) is -1.11. The van der Waals surface area contributed by atoms with E-state index in [4.69, 9.17) is 23.2 Å². The van der Waals surface area contributed by atoms with Crippen LogP contribution in [-0.4, -0.2) is 52.1 Å². The Bertz CT molecular complexity index is 2070. The number of hydrogen-bond acceptors (Lipinski definition) is 8. The predicted octanol–water partition coefficient (Wildman–Crippen LogP) is 7.01. The second-order valence-corrected chi connectivity index (χ2v) is 12.0. The van der Waals surface area contributed by atoms with E-state index >= 15 is 0 Å². The van der Waals surface area contributed by atoms with Crippen LogP contribution in [-0.2, 0) is 9.59 Å². The van der Waals surface area contributed by atoms with Crippen molar-refractivity contribution >= 4 is 75.8 Å². The molecule has 5 aromatic rings. The van der Waals surface area contributed by atoms with Crippen LogP contribution in [0.1, 0.15) is 27.8 Å². The van der Waals surface area contributed by atoms with Gasteiger partial charge in [-0.2, -0.15) is 5.10 Å². The highest BCUT2D eigenvalue weighted by atomic mass is 35.5. The number of aliphatic hydroxyl groups is 2. The summed E-state index contributed by atoms with van der Waals surface area (Å²) in [6, 6.07) is 37.0. The van der Waals surface area contributed by atoms with Crippen molar-refractivity contribution in [2.75, 3.05) is 16.1 Å². The summed E-state index contributed by atoms with van der Waals surface area (Å²) in [4.78, 5) is 31.7. The second kappa shape index (κ2) is 16.2. The number of allylic oxidation sites excluding steroid dienone is 1. The maximum atomic E-state index is 11.7. The molecule has 12 heteroatoms. The van der Waals surface area contributed by atoms with Crippen molar-refractivity contribution in [2.45, 2.75) is 12.5 Å². The van der Waals surface area contributed by atoms with Crippen LogP contribution < -0.4 is 16.1 Å². The highest BCUT2D eigenvalue weighted by Crippen LogP contribution is 2.28. The molecule has 0 saturated heterocycles. The molecule has 0 spiro atoms. The molecule has 3 aliphatic rings. The first-order chi connectivity index (χ1) is 24.8. The molecule has 3 aliphatic heterocycles. The monoisotopic (exact) mass is 716 g/mol. The Kier molecular flexibility index (Phi) is 11.1. The summed E-state index contributed by atoms with van der Waals surface area (Å²) in [5, 5.41) is 29.9. The van der Waals surface area contributed by atoms with E-state index in [1.165, 1.54) is 5.56 Å². The van der Waals surface area contributed by atoms with Gasteiger partial charge >= 0.3 is 0 Å². The Labute approximate surface area is 303 Å². The Hall–Kier alpha value is -5.91. The van der Waals surface area contributed by atoms with E-state index in [2.05, 4.69) is 31.1 Å². The maximum Gasteiger partial charge on any atom is 0.276 e. The molecule has 3 heterocycles. The number of hydrogen-bond donors (Lipinski definition) is 5. The van der Waals surface area contributed by atoms with Crippen molar-refractivity contribution in [1.29, 1.82) is 0 Å². The summed E-state index contributed by atoms with van der Waals surface area (Å²) in [7, 11) is 0. The third-order valence-electron chi connectivity index (χ3n) is 7.64. The average Bonchev–Trinajstić information content (AvgIpc) is 3.52. The molecule has 8 rings (SSSR count). The minimum absolute atomic E-state index is 0.536. The van der Waals surface area contributed by atoms with E-state index in [-0.39, 0.29) is 0 Å². The highest BCUT2D eigenvalue weighted by Gasteiger charge is 2.25. The molecule has 0 radical (unpaired) electrons. The number of carbonyl (C=O) groups excluding carboxylic acids is 2. The zero-order chi connectivity index (χ0) is 35.7. The summed E-state index contributed by atoms with van der Waals surface area (Å²) in [6.07, 6.45) is 2.81. The fourth-order valence-electron chi connectivity index (χ4n) is 5.23. The topological polar surface area (TPSA) is 148 Å². The van der Waals surface area contributed by atoms with E-state index in [0.717, 1.165) is 16.8 Å². The Morgan fingerprint density at radius 1 is 0.569 bits per heavy atom. The molecule has 2 atom stereocenters. The molecule has 5 N–H and O–H groups in total. The van der Waals surface area contributed by atoms with E-state index < -0.39 is 24.3 Å². The molecule has 51 heavy (non-hydrogen) atoms. The molecule has 0 aliphatic carbocycles. The van der Waals surface area contributed by atoms with Gasteiger partial charge in [-0.25, -0.2) is 9.98 Å². The molecule has 5 aromatic carbocycles. The molecule has 0 bridgehead atoms. The lowest BCUT2D eigenvalue weighted by Crippen LogP contribution is -2.24. The number of aliphatic imine (C=N–C) groups is 2. The van der Waals surface area contributed by atoms with Crippen LogP contribution in [0.25, 0.3) is 6.08 Å². The predicted molar refractivity (Wildman–Crippen MR) is 204 cm³/mol. The number of benzodiazepines with no additional fused rings is 2. The van der Waals surface area contributed by atoms with Gasteiger partial charge in [0.25, 0.3) is 11.8 Å². The minimum atomic E-state index is -1.43. The molecule has 254 valence electrons. The van der Waals surface area contributed by atoms with Crippen LogP contribution in [0, 0.1) is 0 Å². The Balaban J connectivity index is 0.000000138. The van der Waals surface area contributed by atoms with Crippen molar-refractivity contribution in [3.63, 3.8) is 0 Å². The smallest absolute Gasteiger partial charge is 0.276 e. The lowest BCUT2D eigenvalue weighted by atomic mass is 10.0. The number of nitrogens with zero attached hydrogens (tertiary/aromatic N) is 3. The molecule has 0 saturated carbocycles. The standard InChI is InChI=1S/2C15H11ClN2O2.C9H8N2/c2*16-10-6-7-12-11(8-10)13(9-4-2-1-3-5-9)18-15(20)14(19)17-12;1-2-6-9-8(4-1)5-3-7-10-11-9/h2*1-8,15,20H,(H,17,19);1-7,11H. The number of aliphatic hydroxyl groups excluding tert-OH is 2. The zero-order valence-electron chi connectivity index (χ0n) is 26.7. The van der Waals surface area contributed by atoms with Crippen LogP contribution in [0.4, 0.5) is 17.1 Å². The summed E-state index contributed by atoms with van der Waals surface area (Å²) >= 11 is 12.1. The van der Waals surface area contributed by atoms with Crippen LogP contribution >= 0.6 is 23.2 Å². The van der Waals surface area contributed by atoms with Crippen LogP contribution in [0.2, 0.25) is 10.0 Å². The fourth-order valence-corrected chi connectivity index (χ4v) is 5.58. The number of benzene rings is 5. The SMILES string of the molecule is C1=Cc2ccccc2NN=C1.O=C1Nc2ccc(Cl)cc2C(c2ccccc2)=NC1O.O=C1Nc2ccc(Cl)cc2C(c2ccccc2)=NC1O. The Morgan fingerprint density at radius 2 is 1.04 bits per heavy atom. The van der Waals surface area contributed by atoms with Crippen LogP contribution in [0.15, 0.2) is 142 Å². The number of nitrogens with one attached hydrogen (secondary N) is 3. The summed E-state index contributed by atoms with van der Waals surface area (Å²) in [5.41, 5.74) is 10.4. The van der Waals surface area contributed by atoms with E-state index in [1.807, 2.05) is 97.1 Å². The zero-order valence-corrected chi connectivity index (χ0v) is 28.3. The van der Waals surface area contributed by atoms with Gasteiger partial charge in [-0.1, -0.05) is 108 Å². The van der Waals surface area contributed by atoms with Crippen LogP contribution in [0.3, 0.4) is 0 Å². The number of halogens is 2. The number of fused-ring (bicyclic) bond motifs is 3. The second-order valence-electron chi connectivity index (χ2n) is 11.1. The first-order valence-corrected chi connectivity index (χ1v) is 16.4. The van der Waals surface area contributed by atoms with Crippen molar-refractivity contribution in [3.05, 3.63) is 165 Å². The number of rotatable bonds is 2. The van der Waals surface area contributed by atoms with Gasteiger partial charge in [0.15, 0.2) is 0 Å². The van der Waals surface area contributed by atoms with Gasteiger partial charge in [0.2, 0.25) is 12.5 Å². The molecule has 10 nitrogen and oxygen atoms in total. The van der Waals surface area contributed by atoms with E-state index in [1.54, 1.807) is 42.6 Å². The molecular formula is C39H30Cl2N6O4. The first kappa shape index (κ1) is 34.9. The van der Waals surface area contributed by atoms with Crippen molar-refractivity contribution in [2.24, 2.45) is 15.1 Å². The van der Waals surface area contributed by atoms with Crippen molar-refractivity contribution in [1.82, 2.24) is 0 Å². The van der Waals surface area contributed by atoms with Crippen molar-refractivity contribution in [3.8, 4) is 0 Å².